The lowest BCUT2D eigenvalue weighted by molar-refractivity contribution is 0.0522. The summed E-state index contributed by atoms with van der Waals surface area (Å²) in [5, 5.41) is 0. The molecule has 0 spiro atoms. The number of nitrogens with zero attached hydrogens (tertiary/aromatic N) is 3. The van der Waals surface area contributed by atoms with Gasteiger partial charge >= 0.3 is 5.97 Å². The van der Waals surface area contributed by atoms with Crippen LogP contribution in [0, 0.1) is 0 Å². The lowest BCUT2D eigenvalue weighted by Crippen LogP contribution is -2.24. The van der Waals surface area contributed by atoms with Gasteiger partial charge in [0, 0.05) is 6.54 Å². The molecule has 0 atom stereocenters. The third-order valence-corrected chi connectivity index (χ3v) is 3.56. The summed E-state index contributed by atoms with van der Waals surface area (Å²) < 4.78 is 8.35. The number of ether oxygens (including phenoxy) is 1. The van der Waals surface area contributed by atoms with Gasteiger partial charge < -0.3 is 9.30 Å². The maximum atomic E-state index is 12.8. The Bertz CT molecular complexity index is 908. The number of imidazole rings is 1. The number of carbonyl (C=O) groups excluding carboxylic acids is 1. The van der Waals surface area contributed by atoms with E-state index in [2.05, 4.69) is 4.98 Å². The zero-order chi connectivity index (χ0) is 15.7. The molecule has 1 aromatic carbocycles. The maximum absolute atomic E-state index is 12.8. The highest BCUT2D eigenvalue weighted by molar-refractivity contribution is 5.96. The highest BCUT2D eigenvalue weighted by Gasteiger charge is 2.20. The van der Waals surface area contributed by atoms with Crippen LogP contribution in [0.15, 0.2) is 35.4 Å². The van der Waals surface area contributed by atoms with Crippen LogP contribution in [-0.2, 0) is 11.3 Å². The molecule has 0 saturated heterocycles. The molecule has 0 saturated carbocycles. The molecular formula is C16H17N3O3. The number of aromatic nitrogens is 3. The van der Waals surface area contributed by atoms with Gasteiger partial charge in [0.15, 0.2) is 5.69 Å². The minimum absolute atomic E-state index is 0.0717. The van der Waals surface area contributed by atoms with Crippen LogP contribution >= 0.6 is 0 Å². The fourth-order valence-electron chi connectivity index (χ4n) is 2.66. The van der Waals surface area contributed by atoms with E-state index in [-0.39, 0.29) is 23.4 Å². The van der Waals surface area contributed by atoms with Gasteiger partial charge in [-0.25, -0.2) is 9.78 Å². The second kappa shape index (κ2) is 5.63. The third-order valence-electron chi connectivity index (χ3n) is 3.56. The van der Waals surface area contributed by atoms with Crippen LogP contribution in [-0.4, -0.2) is 26.5 Å². The zero-order valence-electron chi connectivity index (χ0n) is 12.6. The van der Waals surface area contributed by atoms with E-state index in [9.17, 15) is 9.59 Å². The molecule has 6 nitrogen and oxygen atoms in total. The van der Waals surface area contributed by atoms with Gasteiger partial charge in [-0.2, -0.15) is 0 Å². The molecule has 22 heavy (non-hydrogen) atoms. The van der Waals surface area contributed by atoms with Gasteiger partial charge in [-0.3, -0.25) is 9.20 Å². The number of esters is 1. The van der Waals surface area contributed by atoms with Gasteiger partial charge in [-0.05, 0) is 25.5 Å². The minimum atomic E-state index is -0.569. The van der Waals surface area contributed by atoms with Crippen molar-refractivity contribution in [1.82, 2.24) is 14.0 Å². The SMILES string of the molecule is CCCn1c(=O)c2c(C(=O)OCC)ncn2c2ccccc21. The standard InChI is InChI=1S/C16H17N3O3/c1-3-9-18-11-7-5-6-8-12(11)19-10-17-13(14(19)15(18)20)16(21)22-4-2/h5-8,10H,3-4,9H2,1-2H3. The van der Waals surface area contributed by atoms with Crippen LogP contribution in [0.3, 0.4) is 0 Å². The van der Waals surface area contributed by atoms with Crippen molar-refractivity contribution < 1.29 is 9.53 Å². The molecule has 0 radical (unpaired) electrons. The van der Waals surface area contributed by atoms with Crippen molar-refractivity contribution >= 4 is 22.5 Å². The second-order valence-electron chi connectivity index (χ2n) is 4.98. The molecule has 0 bridgehead atoms. The molecule has 0 unspecified atom stereocenters. The Morgan fingerprint density at radius 3 is 2.64 bits per heavy atom. The van der Waals surface area contributed by atoms with E-state index in [1.165, 1.54) is 6.33 Å². The summed E-state index contributed by atoms with van der Waals surface area (Å²) in [6.07, 6.45) is 2.32. The van der Waals surface area contributed by atoms with Gasteiger partial charge in [-0.1, -0.05) is 19.1 Å². The molecule has 2 heterocycles. The summed E-state index contributed by atoms with van der Waals surface area (Å²) in [6, 6.07) is 7.59. The molecule has 0 fully saturated rings. The summed E-state index contributed by atoms with van der Waals surface area (Å²) >= 11 is 0. The Hall–Kier alpha value is -2.63. The lowest BCUT2D eigenvalue weighted by atomic mass is 10.2. The number of carbonyl (C=O) groups is 1. The molecular weight excluding hydrogens is 282 g/mol. The molecule has 6 heteroatoms. The number of para-hydroxylation sites is 2. The average molecular weight is 299 g/mol. The second-order valence-corrected chi connectivity index (χ2v) is 4.98. The van der Waals surface area contributed by atoms with Crippen molar-refractivity contribution in [3.05, 3.63) is 46.6 Å². The summed E-state index contributed by atoms with van der Waals surface area (Å²) in [5.41, 5.74) is 1.79. The van der Waals surface area contributed by atoms with Gasteiger partial charge in [0.1, 0.15) is 11.8 Å². The fourth-order valence-corrected chi connectivity index (χ4v) is 2.66. The number of rotatable bonds is 4. The van der Waals surface area contributed by atoms with Gasteiger partial charge in [0.05, 0.1) is 17.6 Å². The molecule has 3 aromatic rings. The number of benzene rings is 1. The minimum Gasteiger partial charge on any atom is -0.461 e. The fraction of sp³-hybridized carbons (Fsp3) is 0.312. The van der Waals surface area contributed by atoms with E-state index in [1.807, 2.05) is 31.2 Å². The molecule has 0 N–H and O–H groups in total. The van der Waals surface area contributed by atoms with Gasteiger partial charge in [-0.15, -0.1) is 0 Å². The Balaban J connectivity index is 2.41. The summed E-state index contributed by atoms with van der Waals surface area (Å²) in [6.45, 7) is 4.56. The van der Waals surface area contributed by atoms with E-state index in [4.69, 9.17) is 4.74 Å². The van der Waals surface area contributed by atoms with E-state index in [1.54, 1.807) is 15.9 Å². The van der Waals surface area contributed by atoms with Crippen molar-refractivity contribution in [3.63, 3.8) is 0 Å². The van der Waals surface area contributed by atoms with Crippen molar-refractivity contribution in [2.45, 2.75) is 26.8 Å². The zero-order valence-corrected chi connectivity index (χ0v) is 12.6. The molecule has 0 aliphatic rings. The quantitative estimate of drug-likeness (QED) is 0.693. The predicted molar refractivity (Wildman–Crippen MR) is 83.2 cm³/mol. The first-order valence-electron chi connectivity index (χ1n) is 7.34. The van der Waals surface area contributed by atoms with E-state index in [0.717, 1.165) is 17.5 Å². The third kappa shape index (κ3) is 2.07. The van der Waals surface area contributed by atoms with Crippen LogP contribution in [0.2, 0.25) is 0 Å². The van der Waals surface area contributed by atoms with E-state index in [0.29, 0.717) is 6.54 Å². The Morgan fingerprint density at radius 1 is 1.23 bits per heavy atom. The monoisotopic (exact) mass is 299 g/mol. The van der Waals surface area contributed by atoms with E-state index >= 15 is 0 Å². The average Bonchev–Trinajstić information content (AvgIpc) is 2.97. The van der Waals surface area contributed by atoms with Gasteiger partial charge in [0.25, 0.3) is 5.56 Å². The van der Waals surface area contributed by atoms with Crippen LogP contribution < -0.4 is 5.56 Å². The van der Waals surface area contributed by atoms with Crippen molar-refractivity contribution in [2.75, 3.05) is 6.61 Å². The molecule has 0 aliphatic carbocycles. The highest BCUT2D eigenvalue weighted by Crippen LogP contribution is 2.17. The Labute approximate surface area is 127 Å². The summed E-state index contributed by atoms with van der Waals surface area (Å²) in [5.74, 6) is -0.569. The first kappa shape index (κ1) is 14.3. The van der Waals surface area contributed by atoms with Crippen LogP contribution in [0.25, 0.3) is 16.6 Å². The maximum Gasteiger partial charge on any atom is 0.359 e. The van der Waals surface area contributed by atoms with E-state index < -0.39 is 5.97 Å². The number of hydrogen-bond acceptors (Lipinski definition) is 4. The number of fused-ring (bicyclic) bond motifs is 3. The first-order valence-corrected chi connectivity index (χ1v) is 7.34. The molecule has 0 aliphatic heterocycles. The largest absolute Gasteiger partial charge is 0.461 e. The molecule has 0 amide bonds. The Kier molecular flexibility index (Phi) is 3.66. The lowest BCUT2D eigenvalue weighted by Gasteiger charge is -2.11. The van der Waals surface area contributed by atoms with Crippen LogP contribution in [0.1, 0.15) is 30.8 Å². The number of aryl methyl sites for hydroxylation is 1. The van der Waals surface area contributed by atoms with Crippen molar-refractivity contribution in [3.8, 4) is 0 Å². The smallest absolute Gasteiger partial charge is 0.359 e. The summed E-state index contributed by atoms with van der Waals surface area (Å²) in [7, 11) is 0. The van der Waals surface area contributed by atoms with Crippen LogP contribution in [0.4, 0.5) is 0 Å². The topological polar surface area (TPSA) is 65.6 Å². The summed E-state index contributed by atoms with van der Waals surface area (Å²) in [4.78, 5) is 28.9. The molecule has 2 aromatic heterocycles. The molecule has 114 valence electrons. The number of hydrogen-bond donors (Lipinski definition) is 0. The first-order chi connectivity index (χ1) is 10.7. The Morgan fingerprint density at radius 2 is 1.95 bits per heavy atom. The highest BCUT2D eigenvalue weighted by atomic mass is 16.5. The van der Waals surface area contributed by atoms with Crippen molar-refractivity contribution in [2.24, 2.45) is 0 Å². The normalized spacial score (nSPS) is 11.2. The van der Waals surface area contributed by atoms with Crippen LogP contribution in [0.5, 0.6) is 0 Å². The molecule has 3 rings (SSSR count). The van der Waals surface area contributed by atoms with Crippen molar-refractivity contribution in [1.29, 1.82) is 0 Å². The predicted octanol–water partition coefficient (Wildman–Crippen LogP) is 2.24. The van der Waals surface area contributed by atoms with Gasteiger partial charge in [0.2, 0.25) is 0 Å².